The number of nitrogens with two attached hydrogens (primary N) is 2. The number of hydrogen-bond acceptors (Lipinski definition) is 3. The lowest BCUT2D eigenvalue weighted by molar-refractivity contribution is 1.06. The first kappa shape index (κ1) is 9.91. The Balaban J connectivity index is 0.000000461. The van der Waals surface area contributed by atoms with Gasteiger partial charge in [0.2, 0.25) is 0 Å². The molecule has 1 aromatic rings. The van der Waals surface area contributed by atoms with Crippen LogP contribution in [0.25, 0.3) is 0 Å². The highest BCUT2D eigenvalue weighted by Gasteiger charge is 1.87. The van der Waals surface area contributed by atoms with Crippen LogP contribution in [-0.2, 0) is 6.54 Å². The highest BCUT2D eigenvalue weighted by molar-refractivity contribution is 5.31. The maximum absolute atomic E-state index is 5.37. The normalized spacial score (nSPS) is 8.27. The van der Waals surface area contributed by atoms with E-state index in [2.05, 4.69) is 4.98 Å². The van der Waals surface area contributed by atoms with Gasteiger partial charge in [0, 0.05) is 12.7 Å². The quantitative estimate of drug-likeness (QED) is 0.636. The van der Waals surface area contributed by atoms with Crippen LogP contribution >= 0.6 is 0 Å². The number of pyridine rings is 1. The Morgan fingerprint density at radius 2 is 2.09 bits per heavy atom. The minimum absolute atomic E-state index is 0.521. The smallest absolute Gasteiger partial charge is 0.123 e. The molecule has 0 radical (unpaired) electrons. The second-order valence-electron chi connectivity index (χ2n) is 1.79. The topological polar surface area (TPSA) is 64.9 Å². The van der Waals surface area contributed by atoms with Crippen molar-refractivity contribution >= 4 is 5.82 Å². The van der Waals surface area contributed by atoms with Gasteiger partial charge < -0.3 is 11.5 Å². The van der Waals surface area contributed by atoms with E-state index >= 15 is 0 Å². The van der Waals surface area contributed by atoms with E-state index in [1.807, 2.05) is 19.9 Å². The molecular weight excluding hydrogens is 138 g/mol. The van der Waals surface area contributed by atoms with Crippen molar-refractivity contribution in [2.24, 2.45) is 5.73 Å². The second-order valence-corrected chi connectivity index (χ2v) is 1.79. The molecule has 0 unspecified atom stereocenters. The molecule has 0 aromatic carbocycles. The standard InChI is InChI=1S/C6H9N3.C2H6/c7-4-5-1-2-9-6(8)3-5;1-2/h1-3H,4,7H2,(H2,8,9);1-2H3. The van der Waals surface area contributed by atoms with Gasteiger partial charge in [-0.1, -0.05) is 13.8 Å². The molecule has 0 saturated carbocycles. The summed E-state index contributed by atoms with van der Waals surface area (Å²) in [5.41, 5.74) is 11.7. The van der Waals surface area contributed by atoms with Crippen LogP contribution in [0.4, 0.5) is 5.82 Å². The van der Waals surface area contributed by atoms with Crippen LogP contribution in [0.1, 0.15) is 19.4 Å². The third-order valence-electron chi connectivity index (χ3n) is 1.08. The van der Waals surface area contributed by atoms with E-state index in [-0.39, 0.29) is 0 Å². The first-order valence-corrected chi connectivity index (χ1v) is 3.73. The number of nitrogens with zero attached hydrogens (tertiary/aromatic N) is 1. The molecule has 0 amide bonds. The highest BCUT2D eigenvalue weighted by atomic mass is 14.8. The van der Waals surface area contributed by atoms with Crippen LogP contribution in [0.2, 0.25) is 0 Å². The zero-order valence-electron chi connectivity index (χ0n) is 7.04. The van der Waals surface area contributed by atoms with Gasteiger partial charge in [-0.25, -0.2) is 4.98 Å². The average Bonchev–Trinajstić information content (AvgIpc) is 2.08. The summed E-state index contributed by atoms with van der Waals surface area (Å²) in [6.07, 6.45) is 1.65. The molecule has 1 heterocycles. The number of nitrogen functional groups attached to an aromatic ring is 1. The Labute approximate surface area is 67.4 Å². The van der Waals surface area contributed by atoms with E-state index in [1.165, 1.54) is 0 Å². The summed E-state index contributed by atoms with van der Waals surface area (Å²) in [7, 11) is 0. The lowest BCUT2D eigenvalue weighted by Gasteiger charge is -1.94. The number of rotatable bonds is 1. The fraction of sp³-hybridized carbons (Fsp3) is 0.375. The number of hydrogen-bond donors (Lipinski definition) is 2. The summed E-state index contributed by atoms with van der Waals surface area (Å²) in [5, 5.41) is 0. The summed E-state index contributed by atoms with van der Waals surface area (Å²) in [5.74, 6) is 0.526. The van der Waals surface area contributed by atoms with Crippen molar-refractivity contribution in [1.29, 1.82) is 0 Å². The summed E-state index contributed by atoms with van der Waals surface area (Å²) in [4.78, 5) is 3.81. The Morgan fingerprint density at radius 3 is 2.45 bits per heavy atom. The molecule has 11 heavy (non-hydrogen) atoms. The Hall–Kier alpha value is -1.09. The minimum atomic E-state index is 0.521. The van der Waals surface area contributed by atoms with Crippen LogP contribution in [-0.4, -0.2) is 4.98 Å². The van der Waals surface area contributed by atoms with Crippen molar-refractivity contribution in [3.8, 4) is 0 Å². The third-order valence-corrected chi connectivity index (χ3v) is 1.08. The van der Waals surface area contributed by atoms with Crippen molar-refractivity contribution < 1.29 is 0 Å². The molecular formula is C8H15N3. The lowest BCUT2D eigenvalue weighted by atomic mass is 10.3. The summed E-state index contributed by atoms with van der Waals surface area (Å²) >= 11 is 0. The Bertz CT molecular complexity index is 198. The van der Waals surface area contributed by atoms with Crippen LogP contribution < -0.4 is 11.5 Å². The van der Waals surface area contributed by atoms with Gasteiger partial charge >= 0.3 is 0 Å². The van der Waals surface area contributed by atoms with Crippen LogP contribution in [0, 0.1) is 0 Å². The van der Waals surface area contributed by atoms with Crippen molar-refractivity contribution in [2.45, 2.75) is 20.4 Å². The largest absolute Gasteiger partial charge is 0.384 e. The van der Waals surface area contributed by atoms with Gasteiger partial charge in [-0.15, -0.1) is 0 Å². The fourth-order valence-corrected chi connectivity index (χ4v) is 0.621. The van der Waals surface area contributed by atoms with E-state index in [9.17, 15) is 0 Å². The molecule has 1 rings (SSSR count). The van der Waals surface area contributed by atoms with Gasteiger partial charge in [0.15, 0.2) is 0 Å². The lowest BCUT2D eigenvalue weighted by Crippen LogP contribution is -1.98. The first-order chi connectivity index (χ1) is 5.33. The average molecular weight is 153 g/mol. The summed E-state index contributed by atoms with van der Waals surface area (Å²) in [6.45, 7) is 4.52. The van der Waals surface area contributed by atoms with Gasteiger partial charge in [0.25, 0.3) is 0 Å². The fourth-order valence-electron chi connectivity index (χ4n) is 0.621. The molecule has 4 N–H and O–H groups in total. The van der Waals surface area contributed by atoms with Gasteiger partial charge in [-0.05, 0) is 17.7 Å². The summed E-state index contributed by atoms with van der Waals surface area (Å²) in [6, 6.07) is 3.61. The van der Waals surface area contributed by atoms with Crippen LogP contribution in [0.5, 0.6) is 0 Å². The predicted octanol–water partition coefficient (Wildman–Crippen LogP) is 1.15. The molecule has 0 aliphatic rings. The maximum atomic E-state index is 5.37. The molecule has 0 fully saturated rings. The molecule has 3 heteroatoms. The second kappa shape index (κ2) is 5.68. The van der Waals surface area contributed by atoms with E-state index in [0.717, 1.165) is 5.56 Å². The first-order valence-electron chi connectivity index (χ1n) is 3.73. The minimum Gasteiger partial charge on any atom is -0.384 e. The highest BCUT2D eigenvalue weighted by Crippen LogP contribution is 2.00. The van der Waals surface area contributed by atoms with Gasteiger partial charge in [0.1, 0.15) is 5.82 Å². The Morgan fingerprint density at radius 1 is 1.45 bits per heavy atom. The Kier molecular flexibility index (Phi) is 5.11. The molecule has 62 valence electrons. The number of anilines is 1. The SMILES string of the molecule is CC.NCc1ccnc(N)c1. The molecule has 0 atom stereocenters. The molecule has 0 spiro atoms. The molecule has 1 aromatic heterocycles. The van der Waals surface area contributed by atoms with Crippen LogP contribution in [0.15, 0.2) is 18.3 Å². The van der Waals surface area contributed by atoms with Gasteiger partial charge in [-0.2, -0.15) is 0 Å². The van der Waals surface area contributed by atoms with E-state index < -0.39 is 0 Å². The molecule has 0 aliphatic heterocycles. The van der Waals surface area contributed by atoms with Crippen molar-refractivity contribution in [3.63, 3.8) is 0 Å². The van der Waals surface area contributed by atoms with E-state index in [0.29, 0.717) is 12.4 Å². The third kappa shape index (κ3) is 3.57. The monoisotopic (exact) mass is 153 g/mol. The van der Waals surface area contributed by atoms with Crippen molar-refractivity contribution in [3.05, 3.63) is 23.9 Å². The van der Waals surface area contributed by atoms with Crippen molar-refractivity contribution in [1.82, 2.24) is 4.98 Å². The molecule has 0 saturated heterocycles. The molecule has 0 aliphatic carbocycles. The van der Waals surface area contributed by atoms with E-state index in [1.54, 1.807) is 12.3 Å². The maximum Gasteiger partial charge on any atom is 0.123 e. The zero-order valence-corrected chi connectivity index (χ0v) is 7.04. The molecule has 3 nitrogen and oxygen atoms in total. The number of aromatic nitrogens is 1. The predicted molar refractivity (Wildman–Crippen MR) is 47.9 cm³/mol. The summed E-state index contributed by atoms with van der Waals surface area (Å²) < 4.78 is 0. The van der Waals surface area contributed by atoms with Gasteiger partial charge in [0.05, 0.1) is 0 Å². The van der Waals surface area contributed by atoms with Crippen LogP contribution in [0.3, 0.4) is 0 Å². The van der Waals surface area contributed by atoms with Gasteiger partial charge in [-0.3, -0.25) is 0 Å². The van der Waals surface area contributed by atoms with Crippen molar-refractivity contribution in [2.75, 3.05) is 5.73 Å². The zero-order chi connectivity index (χ0) is 8.69. The molecule has 0 bridgehead atoms. The van der Waals surface area contributed by atoms with E-state index in [4.69, 9.17) is 11.5 Å².